The van der Waals surface area contributed by atoms with E-state index in [4.69, 9.17) is 14.0 Å². The van der Waals surface area contributed by atoms with Gasteiger partial charge in [0.05, 0.1) is 16.9 Å². The summed E-state index contributed by atoms with van der Waals surface area (Å²) in [6.45, 7) is 2.44. The van der Waals surface area contributed by atoms with Crippen LogP contribution in [-0.2, 0) is 6.61 Å². The summed E-state index contributed by atoms with van der Waals surface area (Å²) >= 11 is 0. The summed E-state index contributed by atoms with van der Waals surface area (Å²) in [5.41, 5.74) is 2.05. The zero-order valence-corrected chi connectivity index (χ0v) is 16.2. The van der Waals surface area contributed by atoms with Gasteiger partial charge in [0.15, 0.2) is 6.61 Å². The van der Waals surface area contributed by atoms with Gasteiger partial charge in [0.25, 0.3) is 5.91 Å². The van der Waals surface area contributed by atoms with Gasteiger partial charge in [-0.2, -0.15) is 13.2 Å². The Morgan fingerprint density at radius 3 is 2.40 bits per heavy atom. The predicted octanol–water partition coefficient (Wildman–Crippen LogP) is 5.06. The molecule has 0 fully saturated rings. The highest BCUT2D eigenvalue weighted by atomic mass is 19.4. The standard InChI is InChI=1S/C21H19F3N2O4/c1-13-17(14(2)30-26-13)11-28-16-9-7-15(8-10-16)20(27)25-18-5-3-4-6-19(18)29-12-21(22,23)24/h3-10H,11-12H2,1-2H3,(H,25,27). The van der Waals surface area contributed by atoms with Crippen LogP contribution >= 0.6 is 0 Å². The number of halogens is 3. The van der Waals surface area contributed by atoms with Crippen LogP contribution in [0.4, 0.5) is 18.9 Å². The molecule has 0 radical (unpaired) electrons. The third-order valence-electron chi connectivity index (χ3n) is 4.21. The fourth-order valence-corrected chi connectivity index (χ4v) is 2.62. The molecular formula is C21H19F3N2O4. The molecule has 6 nitrogen and oxygen atoms in total. The molecule has 0 saturated carbocycles. The highest BCUT2D eigenvalue weighted by Gasteiger charge is 2.29. The number of nitrogens with one attached hydrogen (secondary N) is 1. The predicted molar refractivity (Wildman–Crippen MR) is 103 cm³/mol. The maximum Gasteiger partial charge on any atom is 0.422 e. The van der Waals surface area contributed by atoms with Crippen molar-refractivity contribution < 1.29 is 32.0 Å². The minimum Gasteiger partial charge on any atom is -0.489 e. The third-order valence-corrected chi connectivity index (χ3v) is 4.21. The minimum atomic E-state index is -4.48. The molecule has 0 spiro atoms. The van der Waals surface area contributed by atoms with E-state index in [0.717, 1.165) is 11.3 Å². The van der Waals surface area contributed by atoms with Gasteiger partial charge in [-0.25, -0.2) is 0 Å². The van der Waals surface area contributed by atoms with E-state index >= 15 is 0 Å². The average Bonchev–Trinajstić information content (AvgIpc) is 3.03. The molecule has 1 N–H and O–H groups in total. The van der Waals surface area contributed by atoms with Crippen LogP contribution in [0.2, 0.25) is 0 Å². The SMILES string of the molecule is Cc1noc(C)c1COc1ccc(C(=O)Nc2ccccc2OCC(F)(F)F)cc1. The first-order valence-electron chi connectivity index (χ1n) is 8.97. The summed E-state index contributed by atoms with van der Waals surface area (Å²) in [6.07, 6.45) is -4.48. The van der Waals surface area contributed by atoms with Crippen molar-refractivity contribution in [3.63, 3.8) is 0 Å². The molecule has 1 amide bonds. The van der Waals surface area contributed by atoms with Crippen molar-refractivity contribution in [3.8, 4) is 11.5 Å². The largest absolute Gasteiger partial charge is 0.489 e. The van der Waals surface area contributed by atoms with Gasteiger partial charge in [0.2, 0.25) is 0 Å². The van der Waals surface area contributed by atoms with Crippen LogP contribution in [0.25, 0.3) is 0 Å². The first kappa shape index (κ1) is 21.2. The van der Waals surface area contributed by atoms with Crippen molar-refractivity contribution in [2.45, 2.75) is 26.6 Å². The normalized spacial score (nSPS) is 11.2. The van der Waals surface area contributed by atoms with E-state index in [1.807, 2.05) is 6.92 Å². The second-order valence-corrected chi connectivity index (χ2v) is 6.47. The van der Waals surface area contributed by atoms with E-state index in [1.165, 1.54) is 18.2 Å². The Kier molecular flexibility index (Phi) is 6.29. The zero-order valence-electron chi connectivity index (χ0n) is 16.2. The molecular weight excluding hydrogens is 401 g/mol. The molecule has 1 aromatic heterocycles. The molecule has 0 aliphatic heterocycles. The van der Waals surface area contributed by atoms with Crippen LogP contribution in [0.5, 0.6) is 11.5 Å². The van der Waals surface area contributed by atoms with Crippen LogP contribution in [0.3, 0.4) is 0 Å². The number of carbonyl (C=O) groups is 1. The summed E-state index contributed by atoms with van der Waals surface area (Å²) in [5.74, 6) is 0.660. The molecule has 0 unspecified atom stereocenters. The maximum absolute atomic E-state index is 12.5. The Hall–Kier alpha value is -3.49. The summed E-state index contributed by atoms with van der Waals surface area (Å²) in [5, 5.41) is 6.42. The second kappa shape index (κ2) is 8.89. The zero-order chi connectivity index (χ0) is 21.7. The van der Waals surface area contributed by atoms with Crippen molar-refractivity contribution in [3.05, 3.63) is 71.1 Å². The molecule has 3 aromatic rings. The Morgan fingerprint density at radius 1 is 1.07 bits per heavy atom. The van der Waals surface area contributed by atoms with E-state index in [9.17, 15) is 18.0 Å². The lowest BCUT2D eigenvalue weighted by atomic mass is 10.2. The van der Waals surface area contributed by atoms with Gasteiger partial charge in [-0.15, -0.1) is 0 Å². The van der Waals surface area contributed by atoms with E-state index in [0.29, 0.717) is 17.1 Å². The first-order chi connectivity index (χ1) is 14.2. The van der Waals surface area contributed by atoms with Gasteiger partial charge in [0, 0.05) is 5.56 Å². The molecule has 2 aromatic carbocycles. The number of para-hydroxylation sites is 2. The number of aromatic nitrogens is 1. The van der Waals surface area contributed by atoms with Crippen LogP contribution in [0.1, 0.15) is 27.4 Å². The van der Waals surface area contributed by atoms with E-state index < -0.39 is 18.7 Å². The lowest BCUT2D eigenvalue weighted by Crippen LogP contribution is -2.20. The highest BCUT2D eigenvalue weighted by molar-refractivity contribution is 6.05. The molecule has 0 aliphatic carbocycles. The van der Waals surface area contributed by atoms with Gasteiger partial charge in [-0.05, 0) is 50.2 Å². The lowest BCUT2D eigenvalue weighted by molar-refractivity contribution is -0.153. The number of hydrogen-bond donors (Lipinski definition) is 1. The summed E-state index contributed by atoms with van der Waals surface area (Å²) < 4.78 is 52.7. The van der Waals surface area contributed by atoms with Gasteiger partial charge in [-0.1, -0.05) is 17.3 Å². The number of nitrogens with zero attached hydrogens (tertiary/aromatic N) is 1. The third kappa shape index (κ3) is 5.53. The quantitative estimate of drug-likeness (QED) is 0.578. The number of amides is 1. The van der Waals surface area contributed by atoms with E-state index in [1.54, 1.807) is 37.3 Å². The Morgan fingerprint density at radius 2 is 1.77 bits per heavy atom. The number of anilines is 1. The van der Waals surface area contributed by atoms with Crippen LogP contribution < -0.4 is 14.8 Å². The molecule has 0 atom stereocenters. The van der Waals surface area contributed by atoms with Crippen molar-refractivity contribution in [1.29, 1.82) is 0 Å². The summed E-state index contributed by atoms with van der Waals surface area (Å²) in [7, 11) is 0. The van der Waals surface area contributed by atoms with Gasteiger partial charge < -0.3 is 19.3 Å². The van der Waals surface area contributed by atoms with E-state index in [2.05, 4.69) is 10.5 Å². The van der Waals surface area contributed by atoms with Crippen molar-refractivity contribution in [1.82, 2.24) is 5.16 Å². The molecule has 1 heterocycles. The van der Waals surface area contributed by atoms with E-state index in [-0.39, 0.29) is 18.0 Å². The Bertz CT molecular complexity index is 994. The monoisotopic (exact) mass is 420 g/mol. The average molecular weight is 420 g/mol. The Labute approximate surface area is 170 Å². The number of rotatable bonds is 7. The number of aryl methyl sites for hydroxylation is 2. The molecule has 0 aliphatic rings. The van der Waals surface area contributed by atoms with Crippen LogP contribution in [0, 0.1) is 13.8 Å². The molecule has 158 valence electrons. The maximum atomic E-state index is 12.5. The number of hydrogen-bond acceptors (Lipinski definition) is 5. The molecule has 3 rings (SSSR count). The summed E-state index contributed by atoms with van der Waals surface area (Å²) in [4.78, 5) is 12.5. The van der Waals surface area contributed by atoms with Crippen LogP contribution in [0.15, 0.2) is 53.1 Å². The van der Waals surface area contributed by atoms with Gasteiger partial charge in [0.1, 0.15) is 23.9 Å². The lowest BCUT2D eigenvalue weighted by Gasteiger charge is -2.14. The summed E-state index contributed by atoms with van der Waals surface area (Å²) in [6, 6.07) is 12.3. The van der Waals surface area contributed by atoms with Crippen LogP contribution in [-0.4, -0.2) is 23.8 Å². The number of carbonyl (C=O) groups excluding carboxylic acids is 1. The fraction of sp³-hybridized carbons (Fsp3) is 0.238. The number of benzene rings is 2. The topological polar surface area (TPSA) is 73.6 Å². The first-order valence-corrected chi connectivity index (χ1v) is 8.97. The fourth-order valence-electron chi connectivity index (χ4n) is 2.62. The number of alkyl halides is 3. The smallest absolute Gasteiger partial charge is 0.422 e. The highest BCUT2D eigenvalue weighted by Crippen LogP contribution is 2.27. The Balaban J connectivity index is 1.63. The minimum absolute atomic E-state index is 0.0670. The second-order valence-electron chi connectivity index (χ2n) is 6.47. The van der Waals surface area contributed by atoms with Gasteiger partial charge >= 0.3 is 6.18 Å². The molecule has 0 bridgehead atoms. The van der Waals surface area contributed by atoms with Gasteiger partial charge in [-0.3, -0.25) is 4.79 Å². The molecule has 0 saturated heterocycles. The van der Waals surface area contributed by atoms with Crippen molar-refractivity contribution >= 4 is 11.6 Å². The van der Waals surface area contributed by atoms with Crippen molar-refractivity contribution in [2.75, 3.05) is 11.9 Å². The molecule has 30 heavy (non-hydrogen) atoms. The number of ether oxygens (including phenoxy) is 2. The van der Waals surface area contributed by atoms with Crippen molar-refractivity contribution in [2.24, 2.45) is 0 Å². The molecule has 9 heteroatoms.